The van der Waals surface area contributed by atoms with Gasteiger partial charge in [0.15, 0.2) is 0 Å². The molecule has 21 heavy (non-hydrogen) atoms. The summed E-state index contributed by atoms with van der Waals surface area (Å²) in [6, 6.07) is 8.41. The molecule has 0 heterocycles. The van der Waals surface area contributed by atoms with Crippen LogP contribution in [0.25, 0.3) is 0 Å². The van der Waals surface area contributed by atoms with Gasteiger partial charge in [-0.05, 0) is 48.8 Å². The molecule has 0 saturated carbocycles. The highest BCUT2D eigenvalue weighted by atomic mass is 16.5. The molecule has 2 nitrogen and oxygen atoms in total. The molecule has 120 valence electrons. The summed E-state index contributed by atoms with van der Waals surface area (Å²) in [5, 5.41) is 9.38. The molecule has 0 saturated heterocycles. The van der Waals surface area contributed by atoms with Gasteiger partial charge in [-0.3, -0.25) is 0 Å². The SMILES string of the molecule is CC(O)CC(C)Oc1ccc(C(C)(C)CC(C)(C)C)cc1. The first-order valence-electron chi connectivity index (χ1n) is 7.95. The Labute approximate surface area is 130 Å². The van der Waals surface area contributed by atoms with E-state index in [9.17, 15) is 5.11 Å². The summed E-state index contributed by atoms with van der Waals surface area (Å²) in [4.78, 5) is 0. The van der Waals surface area contributed by atoms with E-state index in [4.69, 9.17) is 4.74 Å². The molecule has 0 aliphatic heterocycles. The van der Waals surface area contributed by atoms with Gasteiger partial charge in [-0.1, -0.05) is 46.8 Å². The van der Waals surface area contributed by atoms with E-state index in [0.29, 0.717) is 11.8 Å². The number of ether oxygens (including phenoxy) is 1. The Hall–Kier alpha value is -1.02. The average Bonchev–Trinajstić information content (AvgIpc) is 2.24. The van der Waals surface area contributed by atoms with Gasteiger partial charge in [0.1, 0.15) is 5.75 Å². The highest BCUT2D eigenvalue weighted by Crippen LogP contribution is 2.36. The van der Waals surface area contributed by atoms with E-state index < -0.39 is 0 Å². The molecule has 0 aromatic heterocycles. The molecule has 0 radical (unpaired) electrons. The number of hydrogen-bond acceptors (Lipinski definition) is 2. The minimum Gasteiger partial charge on any atom is -0.491 e. The van der Waals surface area contributed by atoms with Gasteiger partial charge in [-0.25, -0.2) is 0 Å². The molecule has 1 rings (SSSR count). The predicted octanol–water partition coefficient (Wildman–Crippen LogP) is 4.94. The normalized spacial score (nSPS) is 15.6. The zero-order valence-corrected chi connectivity index (χ0v) is 14.7. The first-order chi connectivity index (χ1) is 9.49. The lowest BCUT2D eigenvalue weighted by Crippen LogP contribution is -2.24. The maximum atomic E-state index is 9.38. The van der Waals surface area contributed by atoms with Crippen LogP contribution in [0.5, 0.6) is 5.75 Å². The Morgan fingerprint density at radius 3 is 1.95 bits per heavy atom. The van der Waals surface area contributed by atoms with Crippen LogP contribution in [-0.4, -0.2) is 17.3 Å². The number of benzene rings is 1. The van der Waals surface area contributed by atoms with Crippen molar-refractivity contribution in [2.75, 3.05) is 0 Å². The van der Waals surface area contributed by atoms with Gasteiger partial charge in [0.25, 0.3) is 0 Å². The van der Waals surface area contributed by atoms with Crippen molar-refractivity contribution in [3.05, 3.63) is 29.8 Å². The van der Waals surface area contributed by atoms with Crippen molar-refractivity contribution in [2.45, 2.75) is 78.9 Å². The Balaban J connectivity index is 2.73. The molecule has 0 aliphatic carbocycles. The summed E-state index contributed by atoms with van der Waals surface area (Å²) in [6.45, 7) is 15.2. The van der Waals surface area contributed by atoms with Crippen molar-refractivity contribution in [2.24, 2.45) is 5.41 Å². The summed E-state index contributed by atoms with van der Waals surface area (Å²) in [5.74, 6) is 0.874. The Morgan fingerprint density at radius 2 is 1.52 bits per heavy atom. The molecule has 0 bridgehead atoms. The third-order valence-corrected chi connectivity index (χ3v) is 3.62. The predicted molar refractivity (Wildman–Crippen MR) is 89.9 cm³/mol. The van der Waals surface area contributed by atoms with Crippen LogP contribution >= 0.6 is 0 Å². The maximum Gasteiger partial charge on any atom is 0.119 e. The summed E-state index contributed by atoms with van der Waals surface area (Å²) >= 11 is 0. The van der Waals surface area contributed by atoms with E-state index >= 15 is 0 Å². The average molecular weight is 292 g/mol. The first kappa shape index (κ1) is 18.0. The summed E-state index contributed by atoms with van der Waals surface area (Å²) in [7, 11) is 0. The van der Waals surface area contributed by atoms with E-state index in [1.165, 1.54) is 5.56 Å². The van der Waals surface area contributed by atoms with Crippen molar-refractivity contribution in [1.82, 2.24) is 0 Å². The second-order valence-corrected chi connectivity index (χ2v) is 8.16. The Kier molecular flexibility index (Phi) is 5.86. The standard InChI is InChI=1S/C19H32O2/c1-14(20)12-15(2)21-17-10-8-16(9-11-17)19(6,7)13-18(3,4)5/h8-11,14-15,20H,12-13H2,1-7H3. The Bertz CT molecular complexity index is 424. The minimum atomic E-state index is -0.329. The van der Waals surface area contributed by atoms with Crippen molar-refractivity contribution < 1.29 is 9.84 Å². The maximum absolute atomic E-state index is 9.38. The molecule has 0 aliphatic rings. The van der Waals surface area contributed by atoms with Gasteiger partial charge in [0, 0.05) is 6.42 Å². The van der Waals surface area contributed by atoms with Crippen molar-refractivity contribution in [1.29, 1.82) is 0 Å². The number of rotatable bonds is 6. The third kappa shape index (κ3) is 6.52. The minimum absolute atomic E-state index is 0.0263. The van der Waals surface area contributed by atoms with Crippen LogP contribution < -0.4 is 4.74 Å². The molecular weight excluding hydrogens is 260 g/mol. The van der Waals surface area contributed by atoms with Crippen molar-refractivity contribution in [3.8, 4) is 5.75 Å². The van der Waals surface area contributed by atoms with Crippen LogP contribution in [0.3, 0.4) is 0 Å². The quantitative estimate of drug-likeness (QED) is 0.805. The monoisotopic (exact) mass is 292 g/mol. The fraction of sp³-hybridized carbons (Fsp3) is 0.684. The van der Waals surface area contributed by atoms with E-state index in [-0.39, 0.29) is 17.6 Å². The highest BCUT2D eigenvalue weighted by molar-refractivity contribution is 5.32. The van der Waals surface area contributed by atoms with Gasteiger partial charge >= 0.3 is 0 Å². The number of aliphatic hydroxyl groups excluding tert-OH is 1. The van der Waals surface area contributed by atoms with Gasteiger partial charge in [0.2, 0.25) is 0 Å². The molecule has 0 spiro atoms. The lowest BCUT2D eigenvalue weighted by atomic mass is 9.72. The van der Waals surface area contributed by atoms with E-state index in [1.54, 1.807) is 6.92 Å². The van der Waals surface area contributed by atoms with E-state index in [0.717, 1.165) is 12.2 Å². The fourth-order valence-electron chi connectivity index (χ4n) is 3.17. The molecule has 1 N–H and O–H groups in total. The van der Waals surface area contributed by atoms with Gasteiger partial charge < -0.3 is 9.84 Å². The number of hydrogen-bond donors (Lipinski definition) is 1. The Morgan fingerprint density at radius 1 is 1.00 bits per heavy atom. The molecule has 1 aromatic rings. The smallest absolute Gasteiger partial charge is 0.119 e. The number of aliphatic hydroxyl groups is 1. The van der Waals surface area contributed by atoms with Crippen LogP contribution in [-0.2, 0) is 5.41 Å². The zero-order valence-electron chi connectivity index (χ0n) is 14.7. The van der Waals surface area contributed by atoms with Gasteiger partial charge in [-0.2, -0.15) is 0 Å². The lowest BCUT2D eigenvalue weighted by molar-refractivity contribution is 0.115. The fourth-order valence-corrected chi connectivity index (χ4v) is 3.17. The van der Waals surface area contributed by atoms with Crippen LogP contribution in [0, 0.1) is 5.41 Å². The summed E-state index contributed by atoms with van der Waals surface area (Å²) in [5.41, 5.74) is 1.81. The molecule has 2 heteroatoms. The molecule has 2 atom stereocenters. The topological polar surface area (TPSA) is 29.5 Å². The van der Waals surface area contributed by atoms with E-state index in [1.807, 2.05) is 19.1 Å². The van der Waals surface area contributed by atoms with Crippen LogP contribution in [0.15, 0.2) is 24.3 Å². The first-order valence-corrected chi connectivity index (χ1v) is 7.95. The van der Waals surface area contributed by atoms with Crippen LogP contribution in [0.4, 0.5) is 0 Å². The molecule has 0 amide bonds. The summed E-state index contributed by atoms with van der Waals surface area (Å²) < 4.78 is 5.83. The molecule has 1 aromatic carbocycles. The van der Waals surface area contributed by atoms with Crippen molar-refractivity contribution >= 4 is 0 Å². The lowest BCUT2D eigenvalue weighted by Gasteiger charge is -2.33. The largest absolute Gasteiger partial charge is 0.491 e. The molecule has 2 unspecified atom stereocenters. The summed E-state index contributed by atoms with van der Waals surface area (Å²) in [6.07, 6.45) is 1.49. The second-order valence-electron chi connectivity index (χ2n) is 8.16. The van der Waals surface area contributed by atoms with Crippen LogP contribution in [0.1, 0.15) is 66.9 Å². The van der Waals surface area contributed by atoms with Gasteiger partial charge in [0.05, 0.1) is 12.2 Å². The van der Waals surface area contributed by atoms with E-state index in [2.05, 4.69) is 46.8 Å². The van der Waals surface area contributed by atoms with Gasteiger partial charge in [-0.15, -0.1) is 0 Å². The van der Waals surface area contributed by atoms with Crippen LogP contribution in [0.2, 0.25) is 0 Å². The molecule has 0 fully saturated rings. The zero-order chi connectivity index (χ0) is 16.3. The highest BCUT2D eigenvalue weighted by Gasteiger charge is 2.27. The van der Waals surface area contributed by atoms with Crippen molar-refractivity contribution in [3.63, 3.8) is 0 Å². The second kappa shape index (κ2) is 6.83. The third-order valence-electron chi connectivity index (χ3n) is 3.62. The molecular formula is C19H32O2.